The number of nitrogens with one attached hydrogen (secondary N) is 1. The third-order valence-corrected chi connectivity index (χ3v) is 5.06. The number of carbonyl (C=O) groups excluding carboxylic acids is 1. The molecule has 0 aliphatic rings. The lowest BCUT2D eigenvalue weighted by Gasteiger charge is -2.12. The first-order valence-electron chi connectivity index (χ1n) is 7.89. The van der Waals surface area contributed by atoms with Crippen LogP contribution in [-0.4, -0.2) is 36.3 Å². The van der Waals surface area contributed by atoms with Crippen molar-refractivity contribution < 1.29 is 4.79 Å². The molecule has 1 aromatic carbocycles. The lowest BCUT2D eigenvalue weighted by molar-refractivity contribution is -0.115. The molecule has 1 amide bonds. The maximum absolute atomic E-state index is 12.4. The van der Waals surface area contributed by atoms with Crippen molar-refractivity contribution in [3.8, 4) is 5.69 Å². The second kappa shape index (κ2) is 7.84. The Balaban J connectivity index is 1.72. The number of halogens is 1. The van der Waals surface area contributed by atoms with Crippen molar-refractivity contribution in [2.24, 2.45) is 0 Å². The average Bonchev–Trinajstić information content (AvgIpc) is 3.07. The van der Waals surface area contributed by atoms with E-state index in [0.29, 0.717) is 16.0 Å². The van der Waals surface area contributed by atoms with E-state index < -0.39 is 5.25 Å². The van der Waals surface area contributed by atoms with Crippen LogP contribution < -0.4 is 5.32 Å². The summed E-state index contributed by atoms with van der Waals surface area (Å²) in [5.41, 5.74) is 3.19. The number of tetrazole rings is 1. The number of hydrogen-bond acceptors (Lipinski definition) is 6. The molecule has 0 radical (unpaired) electrons. The largest absolute Gasteiger partial charge is 0.310 e. The van der Waals surface area contributed by atoms with Crippen molar-refractivity contribution in [3.05, 3.63) is 52.7 Å². The highest BCUT2D eigenvalue weighted by Crippen LogP contribution is 2.24. The molecule has 1 atom stereocenters. The van der Waals surface area contributed by atoms with Gasteiger partial charge in [-0.05, 0) is 66.6 Å². The van der Waals surface area contributed by atoms with Crippen LogP contribution in [0.15, 0.2) is 41.7 Å². The third kappa shape index (κ3) is 4.20. The smallest absolute Gasteiger partial charge is 0.238 e. The van der Waals surface area contributed by atoms with Gasteiger partial charge in [-0.2, -0.15) is 4.68 Å². The number of amides is 1. The van der Waals surface area contributed by atoms with Gasteiger partial charge >= 0.3 is 0 Å². The number of aryl methyl sites for hydroxylation is 2. The van der Waals surface area contributed by atoms with Gasteiger partial charge in [-0.15, -0.1) is 5.10 Å². The van der Waals surface area contributed by atoms with E-state index in [1.54, 1.807) is 23.7 Å². The fraction of sp³-hybridized carbons (Fsp3) is 0.235. The third-order valence-electron chi connectivity index (χ3n) is 3.81. The van der Waals surface area contributed by atoms with E-state index in [4.69, 9.17) is 11.6 Å². The molecule has 0 fully saturated rings. The average molecular weight is 389 g/mol. The zero-order chi connectivity index (χ0) is 18.7. The maximum atomic E-state index is 12.4. The minimum absolute atomic E-state index is 0.195. The van der Waals surface area contributed by atoms with E-state index in [1.807, 2.05) is 32.0 Å². The summed E-state index contributed by atoms with van der Waals surface area (Å²) in [4.78, 5) is 16.4. The molecule has 0 saturated heterocycles. The number of rotatable bonds is 5. The topological polar surface area (TPSA) is 85.6 Å². The van der Waals surface area contributed by atoms with Crippen LogP contribution in [0.4, 0.5) is 5.82 Å². The molecule has 0 aliphatic heterocycles. The number of hydrogen-bond donors (Lipinski definition) is 1. The van der Waals surface area contributed by atoms with Crippen LogP contribution in [-0.2, 0) is 4.79 Å². The van der Waals surface area contributed by atoms with E-state index >= 15 is 0 Å². The second-order valence-corrected chi connectivity index (χ2v) is 7.50. The van der Waals surface area contributed by atoms with Crippen LogP contribution in [0.2, 0.25) is 5.02 Å². The summed E-state index contributed by atoms with van der Waals surface area (Å²) in [7, 11) is 0. The van der Waals surface area contributed by atoms with Gasteiger partial charge in [0.15, 0.2) is 0 Å². The molecule has 2 heterocycles. The first kappa shape index (κ1) is 18.3. The molecule has 7 nitrogen and oxygen atoms in total. The van der Waals surface area contributed by atoms with Crippen molar-refractivity contribution in [1.82, 2.24) is 25.2 Å². The Hall–Kier alpha value is -2.45. The lowest BCUT2D eigenvalue weighted by Crippen LogP contribution is -2.23. The molecule has 3 rings (SSSR count). The Morgan fingerprint density at radius 3 is 2.73 bits per heavy atom. The van der Waals surface area contributed by atoms with Crippen molar-refractivity contribution >= 4 is 35.1 Å². The minimum Gasteiger partial charge on any atom is -0.310 e. The fourth-order valence-corrected chi connectivity index (χ4v) is 3.08. The molecule has 9 heteroatoms. The van der Waals surface area contributed by atoms with Crippen molar-refractivity contribution in [1.29, 1.82) is 0 Å². The zero-order valence-electron chi connectivity index (χ0n) is 14.5. The van der Waals surface area contributed by atoms with Gasteiger partial charge in [0.25, 0.3) is 0 Å². The van der Waals surface area contributed by atoms with Gasteiger partial charge in [-0.1, -0.05) is 29.4 Å². The number of aromatic nitrogens is 5. The molecule has 0 saturated carbocycles. The SMILES string of the molecule is Cc1ccc(-n2nnnc2S[C@H](C)C(=O)Nc2ccc(Cl)cn2)cc1C. The van der Waals surface area contributed by atoms with Crippen molar-refractivity contribution in [2.45, 2.75) is 31.2 Å². The summed E-state index contributed by atoms with van der Waals surface area (Å²) in [5.74, 6) is 0.250. The summed E-state index contributed by atoms with van der Waals surface area (Å²) in [6.07, 6.45) is 1.48. The second-order valence-electron chi connectivity index (χ2n) is 5.75. The monoisotopic (exact) mass is 388 g/mol. The molecular formula is C17H17ClN6OS. The number of carbonyl (C=O) groups is 1. The van der Waals surface area contributed by atoms with Crippen molar-refractivity contribution in [2.75, 3.05) is 5.32 Å². The Labute approximate surface area is 160 Å². The molecule has 26 heavy (non-hydrogen) atoms. The Morgan fingerprint density at radius 2 is 2.04 bits per heavy atom. The molecule has 0 bridgehead atoms. The van der Waals surface area contributed by atoms with E-state index in [2.05, 4.69) is 25.8 Å². The molecule has 134 valence electrons. The van der Waals surface area contributed by atoms with E-state index in [9.17, 15) is 4.79 Å². The number of thioether (sulfide) groups is 1. The highest BCUT2D eigenvalue weighted by Gasteiger charge is 2.20. The first-order valence-corrected chi connectivity index (χ1v) is 9.15. The Kier molecular flexibility index (Phi) is 5.53. The molecule has 0 spiro atoms. The number of anilines is 1. The van der Waals surface area contributed by atoms with E-state index in [0.717, 1.165) is 11.3 Å². The highest BCUT2D eigenvalue weighted by atomic mass is 35.5. The molecule has 0 aliphatic carbocycles. The van der Waals surface area contributed by atoms with Crippen LogP contribution >= 0.6 is 23.4 Å². The first-order chi connectivity index (χ1) is 12.4. The predicted molar refractivity (Wildman–Crippen MR) is 102 cm³/mol. The molecule has 3 aromatic rings. The van der Waals surface area contributed by atoms with E-state index in [-0.39, 0.29) is 5.91 Å². The minimum atomic E-state index is -0.413. The normalized spacial score (nSPS) is 12.0. The van der Waals surface area contributed by atoms with Crippen molar-refractivity contribution in [3.63, 3.8) is 0 Å². The van der Waals surface area contributed by atoms with Crippen LogP contribution in [0.3, 0.4) is 0 Å². The quantitative estimate of drug-likeness (QED) is 0.674. The standard InChI is InChI=1S/C17H17ClN6OS/c1-10-4-6-14(8-11(10)2)24-17(21-22-23-24)26-12(3)16(25)20-15-7-5-13(18)9-19-15/h4-9,12H,1-3H3,(H,19,20,25)/t12-/m1/s1. The predicted octanol–water partition coefficient (Wildman–Crippen LogP) is 3.45. The number of pyridine rings is 1. The van der Waals surface area contributed by atoms with Crippen LogP contribution in [0.5, 0.6) is 0 Å². The number of nitrogens with zero attached hydrogens (tertiary/aromatic N) is 5. The summed E-state index contributed by atoms with van der Waals surface area (Å²) in [6, 6.07) is 9.30. The van der Waals surface area contributed by atoms with Gasteiger partial charge in [-0.3, -0.25) is 4.79 Å². The highest BCUT2D eigenvalue weighted by molar-refractivity contribution is 8.00. The van der Waals surface area contributed by atoms with Gasteiger partial charge < -0.3 is 5.32 Å². The van der Waals surface area contributed by atoms with Gasteiger partial charge in [-0.25, -0.2) is 4.98 Å². The Morgan fingerprint density at radius 1 is 1.23 bits per heavy atom. The van der Waals surface area contributed by atoms with Gasteiger partial charge in [0.2, 0.25) is 11.1 Å². The molecular weight excluding hydrogens is 372 g/mol. The lowest BCUT2D eigenvalue weighted by atomic mass is 10.1. The van der Waals surface area contributed by atoms with Gasteiger partial charge in [0.05, 0.1) is 16.0 Å². The molecule has 1 N–H and O–H groups in total. The zero-order valence-corrected chi connectivity index (χ0v) is 16.0. The molecule has 2 aromatic heterocycles. The van der Waals surface area contributed by atoms with Crippen LogP contribution in [0, 0.1) is 13.8 Å². The summed E-state index contributed by atoms with van der Waals surface area (Å²) in [6.45, 7) is 5.87. The molecule has 0 unspecified atom stereocenters. The van der Waals surface area contributed by atoms with Gasteiger partial charge in [0.1, 0.15) is 5.82 Å². The van der Waals surface area contributed by atoms with E-state index in [1.165, 1.54) is 23.5 Å². The van der Waals surface area contributed by atoms with Crippen LogP contribution in [0.25, 0.3) is 5.69 Å². The maximum Gasteiger partial charge on any atom is 0.238 e. The number of benzene rings is 1. The van der Waals surface area contributed by atoms with Gasteiger partial charge in [0, 0.05) is 6.20 Å². The summed E-state index contributed by atoms with van der Waals surface area (Å²) in [5, 5.41) is 15.2. The van der Waals surface area contributed by atoms with Crippen LogP contribution in [0.1, 0.15) is 18.1 Å². The Bertz CT molecular complexity index is 927. The summed E-state index contributed by atoms with van der Waals surface area (Å²) < 4.78 is 1.63. The fourth-order valence-electron chi connectivity index (χ4n) is 2.16. The summed E-state index contributed by atoms with van der Waals surface area (Å²) >= 11 is 7.07.